The molecule has 4 heteroatoms. The summed E-state index contributed by atoms with van der Waals surface area (Å²) >= 11 is 0. The average molecular weight is 393 g/mol. The number of piperidine rings is 1. The smallest absolute Gasteiger partial charge is 0.338 e. The van der Waals surface area contributed by atoms with Crippen molar-refractivity contribution in [3.05, 3.63) is 65.7 Å². The quantitative estimate of drug-likeness (QED) is 0.726. The van der Waals surface area contributed by atoms with E-state index in [2.05, 4.69) is 47.6 Å². The number of esters is 1. The van der Waals surface area contributed by atoms with Crippen molar-refractivity contribution < 1.29 is 9.53 Å². The van der Waals surface area contributed by atoms with Crippen molar-refractivity contribution >= 4 is 11.7 Å². The van der Waals surface area contributed by atoms with Crippen molar-refractivity contribution in [1.29, 1.82) is 0 Å². The zero-order valence-electron chi connectivity index (χ0n) is 17.9. The molecule has 2 saturated heterocycles. The standard InChI is InChI=1S/C25H32N2O2/c1-24(2,3)29-23(28)18-9-8-12-20(15-18)26-21-16-22-13-14-25(17-21,27(22)4)19-10-6-5-7-11-19/h5-12,15,21-22,26H,13-14,16-17H2,1-4H3. The second-order valence-electron chi connectivity index (χ2n) is 9.56. The van der Waals surface area contributed by atoms with E-state index in [0.717, 1.165) is 18.5 Å². The van der Waals surface area contributed by atoms with Gasteiger partial charge in [0.2, 0.25) is 0 Å². The molecule has 2 aromatic rings. The van der Waals surface area contributed by atoms with Crippen molar-refractivity contribution in [2.75, 3.05) is 12.4 Å². The van der Waals surface area contributed by atoms with Gasteiger partial charge < -0.3 is 10.1 Å². The number of carbonyl (C=O) groups excluding carboxylic acids is 1. The van der Waals surface area contributed by atoms with Crippen LogP contribution in [0.3, 0.4) is 0 Å². The van der Waals surface area contributed by atoms with Gasteiger partial charge in [-0.2, -0.15) is 0 Å². The Kier molecular flexibility index (Phi) is 5.16. The van der Waals surface area contributed by atoms with Gasteiger partial charge in [-0.05, 0) is 77.3 Å². The maximum atomic E-state index is 12.4. The molecule has 0 amide bonds. The number of nitrogens with one attached hydrogen (secondary N) is 1. The number of nitrogens with zero attached hydrogens (tertiary/aromatic N) is 1. The van der Waals surface area contributed by atoms with Crippen LogP contribution >= 0.6 is 0 Å². The van der Waals surface area contributed by atoms with Crippen molar-refractivity contribution in [1.82, 2.24) is 4.90 Å². The average Bonchev–Trinajstić information content (AvgIpc) is 2.87. The van der Waals surface area contributed by atoms with E-state index in [0.29, 0.717) is 17.6 Å². The lowest BCUT2D eigenvalue weighted by Gasteiger charge is -2.46. The first-order valence-corrected chi connectivity index (χ1v) is 10.7. The fourth-order valence-electron chi connectivity index (χ4n) is 5.10. The zero-order chi connectivity index (χ0) is 20.6. The van der Waals surface area contributed by atoms with Gasteiger partial charge in [0.1, 0.15) is 5.60 Å². The lowest BCUT2D eigenvalue weighted by molar-refractivity contribution is 0.00695. The van der Waals surface area contributed by atoms with Gasteiger partial charge in [0, 0.05) is 23.3 Å². The molecular formula is C25H32N2O2. The molecule has 0 aromatic heterocycles. The minimum Gasteiger partial charge on any atom is -0.456 e. The molecule has 2 heterocycles. The molecule has 0 spiro atoms. The lowest BCUT2D eigenvalue weighted by Crippen LogP contribution is -2.51. The fraction of sp³-hybridized carbons (Fsp3) is 0.480. The Morgan fingerprint density at radius 3 is 2.62 bits per heavy atom. The molecule has 1 N–H and O–H groups in total. The normalized spacial score (nSPS) is 26.9. The van der Waals surface area contributed by atoms with Crippen LogP contribution in [0.15, 0.2) is 54.6 Å². The molecule has 0 aliphatic carbocycles. The van der Waals surface area contributed by atoms with Crippen LogP contribution in [0.5, 0.6) is 0 Å². The Hall–Kier alpha value is -2.33. The number of carbonyl (C=O) groups is 1. The van der Waals surface area contributed by atoms with Gasteiger partial charge in [0.25, 0.3) is 0 Å². The number of benzene rings is 2. The van der Waals surface area contributed by atoms with Gasteiger partial charge in [-0.25, -0.2) is 4.79 Å². The Morgan fingerprint density at radius 2 is 1.90 bits per heavy atom. The Bertz CT molecular complexity index is 874. The van der Waals surface area contributed by atoms with E-state index in [4.69, 9.17) is 4.74 Å². The van der Waals surface area contributed by atoms with Crippen molar-refractivity contribution in [2.45, 2.75) is 69.7 Å². The summed E-state index contributed by atoms with van der Waals surface area (Å²) in [4.78, 5) is 15.0. The molecule has 0 saturated carbocycles. The van der Waals surface area contributed by atoms with E-state index < -0.39 is 5.60 Å². The van der Waals surface area contributed by atoms with Crippen LogP contribution in [-0.4, -0.2) is 35.6 Å². The van der Waals surface area contributed by atoms with Crippen LogP contribution < -0.4 is 5.32 Å². The Balaban J connectivity index is 1.52. The molecule has 2 aliphatic rings. The van der Waals surface area contributed by atoms with Gasteiger partial charge in [-0.15, -0.1) is 0 Å². The molecule has 2 fully saturated rings. The van der Waals surface area contributed by atoms with Crippen LogP contribution in [0.1, 0.15) is 62.4 Å². The van der Waals surface area contributed by atoms with E-state index in [-0.39, 0.29) is 11.5 Å². The monoisotopic (exact) mass is 392 g/mol. The summed E-state index contributed by atoms with van der Waals surface area (Å²) < 4.78 is 5.53. The maximum absolute atomic E-state index is 12.4. The van der Waals surface area contributed by atoms with Crippen molar-refractivity contribution in [3.8, 4) is 0 Å². The van der Waals surface area contributed by atoms with Crippen LogP contribution in [0.4, 0.5) is 5.69 Å². The maximum Gasteiger partial charge on any atom is 0.338 e. The predicted octanol–water partition coefficient (Wildman–Crippen LogP) is 5.21. The van der Waals surface area contributed by atoms with Crippen LogP contribution in [0, 0.1) is 0 Å². The largest absolute Gasteiger partial charge is 0.456 e. The third-order valence-electron chi connectivity index (χ3n) is 6.43. The number of hydrogen-bond donors (Lipinski definition) is 1. The first-order chi connectivity index (χ1) is 13.8. The van der Waals surface area contributed by atoms with E-state index in [1.54, 1.807) is 0 Å². The number of ether oxygens (including phenoxy) is 1. The molecule has 2 aromatic carbocycles. The SMILES string of the molecule is CN1C2CCC1(c1ccccc1)CC(Nc1cccc(C(=O)OC(C)(C)C)c1)C2. The molecular weight excluding hydrogens is 360 g/mol. The molecule has 29 heavy (non-hydrogen) atoms. The summed E-state index contributed by atoms with van der Waals surface area (Å²) in [5.74, 6) is -0.273. The summed E-state index contributed by atoms with van der Waals surface area (Å²) in [5.41, 5.74) is 2.61. The van der Waals surface area contributed by atoms with E-state index in [9.17, 15) is 4.79 Å². The van der Waals surface area contributed by atoms with Crippen molar-refractivity contribution in [3.63, 3.8) is 0 Å². The van der Waals surface area contributed by atoms with Crippen LogP contribution in [-0.2, 0) is 10.3 Å². The molecule has 4 rings (SSSR count). The number of hydrogen-bond acceptors (Lipinski definition) is 4. The summed E-state index contributed by atoms with van der Waals surface area (Å²) in [6, 6.07) is 19.6. The molecule has 154 valence electrons. The van der Waals surface area contributed by atoms with E-state index >= 15 is 0 Å². The number of fused-ring (bicyclic) bond motifs is 2. The third kappa shape index (κ3) is 4.04. The molecule has 3 unspecified atom stereocenters. The second-order valence-corrected chi connectivity index (χ2v) is 9.56. The van der Waals surface area contributed by atoms with Crippen LogP contribution in [0.2, 0.25) is 0 Å². The summed E-state index contributed by atoms with van der Waals surface area (Å²) in [6.45, 7) is 5.68. The first-order valence-electron chi connectivity index (χ1n) is 10.7. The number of rotatable bonds is 4. The van der Waals surface area contributed by atoms with Crippen LogP contribution in [0.25, 0.3) is 0 Å². The van der Waals surface area contributed by atoms with Gasteiger partial charge >= 0.3 is 5.97 Å². The zero-order valence-corrected chi connectivity index (χ0v) is 17.9. The third-order valence-corrected chi connectivity index (χ3v) is 6.43. The summed E-state index contributed by atoms with van der Waals surface area (Å²) in [7, 11) is 2.28. The number of anilines is 1. The Labute approximate surface area is 174 Å². The van der Waals surface area contributed by atoms with Crippen molar-refractivity contribution in [2.24, 2.45) is 0 Å². The van der Waals surface area contributed by atoms with Gasteiger partial charge in [0.15, 0.2) is 0 Å². The van der Waals surface area contributed by atoms with E-state index in [1.165, 1.54) is 18.4 Å². The van der Waals surface area contributed by atoms with Gasteiger partial charge in [-0.1, -0.05) is 36.4 Å². The molecule has 2 bridgehead atoms. The minimum absolute atomic E-state index is 0.102. The predicted molar refractivity (Wildman–Crippen MR) is 117 cm³/mol. The minimum atomic E-state index is -0.490. The first kappa shape index (κ1) is 20.0. The second kappa shape index (κ2) is 7.49. The highest BCUT2D eigenvalue weighted by Gasteiger charge is 2.50. The molecule has 4 nitrogen and oxygen atoms in total. The molecule has 2 aliphatic heterocycles. The summed E-state index contributed by atoms with van der Waals surface area (Å²) in [5, 5.41) is 3.72. The highest BCUT2D eigenvalue weighted by molar-refractivity contribution is 5.90. The highest BCUT2D eigenvalue weighted by atomic mass is 16.6. The topological polar surface area (TPSA) is 41.6 Å². The summed E-state index contributed by atoms with van der Waals surface area (Å²) in [6.07, 6.45) is 4.64. The Morgan fingerprint density at radius 1 is 1.14 bits per heavy atom. The lowest BCUT2D eigenvalue weighted by atomic mass is 9.80. The van der Waals surface area contributed by atoms with Gasteiger partial charge in [-0.3, -0.25) is 4.90 Å². The molecule has 0 radical (unpaired) electrons. The highest BCUT2D eigenvalue weighted by Crippen LogP contribution is 2.50. The van der Waals surface area contributed by atoms with Gasteiger partial charge in [0.05, 0.1) is 5.56 Å². The fourth-order valence-corrected chi connectivity index (χ4v) is 5.10. The molecule has 3 atom stereocenters. The van der Waals surface area contributed by atoms with E-state index in [1.807, 2.05) is 45.0 Å².